The van der Waals surface area contributed by atoms with E-state index < -0.39 is 0 Å². The van der Waals surface area contributed by atoms with Crippen LogP contribution in [-0.4, -0.2) is 56.2 Å². The molecule has 0 N–H and O–H groups in total. The highest BCUT2D eigenvalue weighted by Crippen LogP contribution is 2.40. The fourth-order valence-corrected chi connectivity index (χ4v) is 5.25. The predicted octanol–water partition coefficient (Wildman–Crippen LogP) is 4.94. The van der Waals surface area contributed by atoms with Crippen LogP contribution in [0.3, 0.4) is 0 Å². The summed E-state index contributed by atoms with van der Waals surface area (Å²) >= 11 is 1.60. The van der Waals surface area contributed by atoms with Gasteiger partial charge in [0.15, 0.2) is 5.13 Å². The molecule has 4 aromatic rings. The van der Waals surface area contributed by atoms with E-state index in [2.05, 4.69) is 17.0 Å². The molecule has 6 nitrogen and oxygen atoms in total. The first-order valence-corrected chi connectivity index (χ1v) is 11.7. The Labute approximate surface area is 197 Å². The molecule has 0 unspecified atom stereocenters. The van der Waals surface area contributed by atoms with Crippen molar-refractivity contribution in [3.8, 4) is 22.6 Å². The molecule has 1 aliphatic heterocycles. The lowest BCUT2D eigenvalue weighted by molar-refractivity contribution is 0.0747. The van der Waals surface area contributed by atoms with E-state index in [4.69, 9.17) is 14.5 Å². The van der Waals surface area contributed by atoms with Gasteiger partial charge in [0.05, 0.1) is 14.2 Å². The van der Waals surface area contributed by atoms with E-state index in [9.17, 15) is 4.79 Å². The Morgan fingerprint density at radius 2 is 1.45 bits per heavy atom. The molecule has 1 fully saturated rings. The molecule has 0 bridgehead atoms. The SMILES string of the molecule is COc1ccc(OC)c2sc(N3CCN(C(=O)c4ccc(-c5ccccc5)cc4)CC3)nc12. The van der Waals surface area contributed by atoms with E-state index in [0.717, 1.165) is 56.6 Å². The quantitative estimate of drug-likeness (QED) is 0.423. The molecule has 0 radical (unpaired) electrons. The zero-order valence-corrected chi connectivity index (χ0v) is 19.5. The first-order chi connectivity index (χ1) is 16.2. The maximum atomic E-state index is 13.1. The lowest BCUT2D eigenvalue weighted by atomic mass is 10.0. The second-order valence-corrected chi connectivity index (χ2v) is 8.84. The van der Waals surface area contributed by atoms with Gasteiger partial charge in [-0.3, -0.25) is 4.79 Å². The van der Waals surface area contributed by atoms with Crippen molar-refractivity contribution < 1.29 is 14.3 Å². The molecule has 0 saturated carbocycles. The van der Waals surface area contributed by atoms with Gasteiger partial charge in [0.1, 0.15) is 21.7 Å². The predicted molar refractivity (Wildman–Crippen MR) is 133 cm³/mol. The summed E-state index contributed by atoms with van der Waals surface area (Å²) < 4.78 is 12.0. The summed E-state index contributed by atoms with van der Waals surface area (Å²) in [6.45, 7) is 2.78. The minimum Gasteiger partial charge on any atom is -0.495 e. The van der Waals surface area contributed by atoms with Gasteiger partial charge in [0, 0.05) is 31.7 Å². The van der Waals surface area contributed by atoms with Crippen molar-refractivity contribution in [2.45, 2.75) is 0 Å². The Hall–Kier alpha value is -3.58. The third-order valence-corrected chi connectivity index (χ3v) is 7.11. The second-order valence-electron chi connectivity index (χ2n) is 7.87. The number of hydrogen-bond donors (Lipinski definition) is 0. The highest BCUT2D eigenvalue weighted by atomic mass is 32.1. The number of benzene rings is 3. The summed E-state index contributed by atoms with van der Waals surface area (Å²) in [5.41, 5.74) is 3.79. The van der Waals surface area contributed by atoms with E-state index in [1.54, 1.807) is 25.6 Å². The number of piperazine rings is 1. The Balaban J connectivity index is 1.28. The van der Waals surface area contributed by atoms with Crippen LogP contribution in [0.15, 0.2) is 66.7 Å². The maximum Gasteiger partial charge on any atom is 0.253 e. The Morgan fingerprint density at radius 1 is 0.818 bits per heavy atom. The molecule has 1 saturated heterocycles. The van der Waals surface area contributed by atoms with Crippen LogP contribution in [0.2, 0.25) is 0 Å². The molecule has 0 atom stereocenters. The number of fused-ring (bicyclic) bond motifs is 1. The van der Waals surface area contributed by atoms with Gasteiger partial charge in [0.2, 0.25) is 0 Å². The first-order valence-electron chi connectivity index (χ1n) is 10.9. The molecular weight excluding hydrogens is 434 g/mol. The number of ether oxygens (including phenoxy) is 2. The van der Waals surface area contributed by atoms with Gasteiger partial charge >= 0.3 is 0 Å². The Bertz CT molecular complexity index is 1220. The highest BCUT2D eigenvalue weighted by Gasteiger charge is 2.25. The first kappa shape index (κ1) is 21.3. The molecule has 1 aliphatic rings. The molecule has 33 heavy (non-hydrogen) atoms. The van der Waals surface area contributed by atoms with E-state index in [1.807, 2.05) is 59.5 Å². The largest absolute Gasteiger partial charge is 0.495 e. The van der Waals surface area contributed by atoms with Crippen molar-refractivity contribution in [3.63, 3.8) is 0 Å². The maximum absolute atomic E-state index is 13.1. The van der Waals surface area contributed by atoms with Crippen molar-refractivity contribution in [2.24, 2.45) is 0 Å². The van der Waals surface area contributed by atoms with Gasteiger partial charge in [0.25, 0.3) is 5.91 Å². The number of nitrogens with zero attached hydrogens (tertiary/aromatic N) is 3. The number of hydrogen-bond acceptors (Lipinski definition) is 6. The van der Waals surface area contributed by atoms with Crippen molar-refractivity contribution in [3.05, 3.63) is 72.3 Å². The van der Waals surface area contributed by atoms with Gasteiger partial charge in [-0.15, -0.1) is 0 Å². The van der Waals surface area contributed by atoms with Crippen molar-refractivity contribution in [1.29, 1.82) is 0 Å². The molecular formula is C26H25N3O3S. The van der Waals surface area contributed by atoms with Crippen LogP contribution in [-0.2, 0) is 0 Å². The van der Waals surface area contributed by atoms with Crippen LogP contribution in [0.1, 0.15) is 10.4 Å². The number of carbonyl (C=O) groups excluding carboxylic acids is 1. The number of methoxy groups -OCH3 is 2. The molecule has 168 valence electrons. The van der Waals surface area contributed by atoms with Crippen molar-refractivity contribution in [1.82, 2.24) is 9.88 Å². The average molecular weight is 460 g/mol. The van der Waals surface area contributed by atoms with Crippen molar-refractivity contribution >= 4 is 32.6 Å². The standard InChI is InChI=1S/C26H25N3O3S/c1-31-21-12-13-22(32-2)24-23(21)27-26(33-24)29-16-14-28(15-17-29)25(30)20-10-8-19(9-11-20)18-6-4-3-5-7-18/h3-13H,14-17H2,1-2H3. The minimum atomic E-state index is 0.0712. The van der Waals surface area contributed by atoms with Gasteiger partial charge in [-0.1, -0.05) is 53.8 Å². The van der Waals surface area contributed by atoms with Crippen LogP contribution < -0.4 is 14.4 Å². The zero-order chi connectivity index (χ0) is 22.8. The van der Waals surface area contributed by atoms with E-state index in [0.29, 0.717) is 13.1 Å². The number of amides is 1. The normalized spacial score (nSPS) is 13.9. The molecule has 1 amide bonds. The third-order valence-electron chi connectivity index (χ3n) is 5.98. The van der Waals surface area contributed by atoms with Crippen LogP contribution in [0.5, 0.6) is 11.5 Å². The highest BCUT2D eigenvalue weighted by molar-refractivity contribution is 7.22. The van der Waals surface area contributed by atoms with Crippen LogP contribution >= 0.6 is 11.3 Å². The van der Waals surface area contributed by atoms with Gasteiger partial charge in [-0.05, 0) is 35.4 Å². The number of anilines is 1. The molecule has 7 heteroatoms. The average Bonchev–Trinajstić information content (AvgIpc) is 3.34. The summed E-state index contributed by atoms with van der Waals surface area (Å²) in [6, 6.07) is 21.8. The van der Waals surface area contributed by atoms with Gasteiger partial charge in [-0.25, -0.2) is 4.98 Å². The van der Waals surface area contributed by atoms with Gasteiger partial charge in [-0.2, -0.15) is 0 Å². The van der Waals surface area contributed by atoms with Gasteiger partial charge < -0.3 is 19.3 Å². The lowest BCUT2D eigenvalue weighted by Crippen LogP contribution is -2.48. The summed E-state index contributed by atoms with van der Waals surface area (Å²) in [7, 11) is 3.31. The summed E-state index contributed by atoms with van der Waals surface area (Å²) in [4.78, 5) is 22.0. The number of aromatic nitrogens is 1. The minimum absolute atomic E-state index is 0.0712. The monoisotopic (exact) mass is 459 g/mol. The van der Waals surface area contributed by atoms with E-state index in [1.165, 1.54) is 0 Å². The topological polar surface area (TPSA) is 54.9 Å². The van der Waals surface area contributed by atoms with Crippen molar-refractivity contribution in [2.75, 3.05) is 45.3 Å². The van der Waals surface area contributed by atoms with Crippen LogP contribution in [0, 0.1) is 0 Å². The Kier molecular flexibility index (Phi) is 5.88. The fourth-order valence-electron chi connectivity index (χ4n) is 4.13. The summed E-state index contributed by atoms with van der Waals surface area (Å²) in [5, 5.41) is 0.923. The Morgan fingerprint density at radius 3 is 2.12 bits per heavy atom. The summed E-state index contributed by atoms with van der Waals surface area (Å²) in [6.07, 6.45) is 0. The molecule has 0 spiro atoms. The number of rotatable bonds is 5. The third kappa shape index (κ3) is 4.12. The van der Waals surface area contributed by atoms with E-state index in [-0.39, 0.29) is 5.91 Å². The lowest BCUT2D eigenvalue weighted by Gasteiger charge is -2.34. The van der Waals surface area contributed by atoms with Crippen LogP contribution in [0.4, 0.5) is 5.13 Å². The second kappa shape index (κ2) is 9.11. The molecule has 5 rings (SSSR count). The zero-order valence-electron chi connectivity index (χ0n) is 18.7. The number of carbonyl (C=O) groups is 1. The molecule has 2 heterocycles. The summed E-state index contributed by atoms with van der Waals surface area (Å²) in [5.74, 6) is 1.60. The fraction of sp³-hybridized carbons (Fsp3) is 0.231. The molecule has 1 aromatic heterocycles. The smallest absolute Gasteiger partial charge is 0.253 e. The molecule has 3 aromatic carbocycles. The van der Waals surface area contributed by atoms with E-state index >= 15 is 0 Å². The number of thiazole rings is 1. The molecule has 0 aliphatic carbocycles. The van der Waals surface area contributed by atoms with Crippen LogP contribution in [0.25, 0.3) is 21.3 Å².